The zero-order valence-corrected chi connectivity index (χ0v) is 58.9. The summed E-state index contributed by atoms with van der Waals surface area (Å²) in [5.74, 6) is -10.0. The number of likely N-dealkylation sites (tertiary alicyclic amines) is 1. The van der Waals surface area contributed by atoms with E-state index in [4.69, 9.17) is 5.73 Å². The number of phenols is 2. The van der Waals surface area contributed by atoms with Crippen molar-refractivity contribution in [2.24, 2.45) is 11.7 Å². The highest BCUT2D eigenvalue weighted by Crippen LogP contribution is 2.25. The topological polar surface area (TPSA) is 445 Å². The number of phenolic OH excluding ortho intramolecular Hbond substituents is 2. The number of aliphatic carboxylic acids is 1. The summed E-state index contributed by atoms with van der Waals surface area (Å²) in [6.07, 6.45) is 1.23. The summed E-state index contributed by atoms with van der Waals surface area (Å²) in [4.78, 5) is 156. The molecular weight excluding hydrogens is 1360 g/mol. The zero-order chi connectivity index (χ0) is 75.9. The molecule has 12 atom stereocenters. The van der Waals surface area contributed by atoms with Crippen LogP contribution in [-0.4, -0.2) is 184 Å². The number of aliphatic hydroxyl groups excluding tert-OH is 2. The van der Waals surface area contributed by atoms with Crippen LogP contribution in [0.15, 0.2) is 170 Å². The number of benzene rings is 6. The van der Waals surface area contributed by atoms with E-state index in [-0.39, 0.29) is 63.0 Å². The second-order valence-corrected chi connectivity index (χ2v) is 27.2. The molecule has 6 aromatic carbocycles. The molecule has 0 bridgehead atoms. The van der Waals surface area contributed by atoms with Gasteiger partial charge in [0.25, 0.3) is 0 Å². The number of rotatable bonds is 33. The third-order valence-electron chi connectivity index (χ3n) is 19.0. The predicted octanol–water partition coefficient (Wildman–Crippen LogP) is 3.00. The van der Waals surface area contributed by atoms with Gasteiger partial charge in [0.05, 0.1) is 18.2 Å². The van der Waals surface area contributed by atoms with Gasteiger partial charge in [-0.2, -0.15) is 0 Å². The van der Waals surface area contributed by atoms with E-state index in [9.17, 15) is 49.5 Å². The Morgan fingerprint density at radius 2 is 0.764 bits per heavy atom. The fourth-order valence-corrected chi connectivity index (χ4v) is 13.2. The largest absolute Gasteiger partial charge is 0.508 e. The van der Waals surface area contributed by atoms with Crippen LogP contribution in [0.1, 0.15) is 73.9 Å². The molecule has 18 N–H and O–H groups in total. The maximum Gasteiger partial charge on any atom is 0.326 e. The molecule has 0 radical (unpaired) electrons. The molecule has 0 spiro atoms. The molecule has 556 valence electrons. The first kappa shape index (κ1) is 76.8. The zero-order valence-electron chi connectivity index (χ0n) is 58.9. The third kappa shape index (κ3) is 19.5. The van der Waals surface area contributed by atoms with Gasteiger partial charge in [-0.05, 0) is 115 Å². The molecule has 28 nitrogen and oxygen atoms in total. The van der Waals surface area contributed by atoms with Crippen molar-refractivity contribution in [1.29, 1.82) is 0 Å². The number of H-pyrrole nitrogens is 3. The minimum Gasteiger partial charge on any atom is -0.508 e. The number of nitrogens with zero attached hydrogens (tertiary/aromatic N) is 1. The Balaban J connectivity index is 0.910. The lowest BCUT2D eigenvalue weighted by molar-refractivity contribution is -0.143. The number of nitrogens with two attached hydrogens (primary N) is 1. The van der Waals surface area contributed by atoms with Crippen LogP contribution in [0.4, 0.5) is 0 Å². The monoisotopic (exact) mass is 1450 g/mol. The minimum atomic E-state index is -1.88. The van der Waals surface area contributed by atoms with Crippen molar-refractivity contribution in [3.63, 3.8) is 0 Å². The summed E-state index contributed by atoms with van der Waals surface area (Å²) in [5, 5.41) is 76.4. The van der Waals surface area contributed by atoms with E-state index in [2.05, 4.69) is 57.5 Å². The van der Waals surface area contributed by atoms with E-state index in [1.807, 2.05) is 36.4 Å². The number of carboxylic acids is 1. The van der Waals surface area contributed by atoms with E-state index in [1.54, 1.807) is 111 Å². The predicted molar refractivity (Wildman–Crippen MR) is 394 cm³/mol. The normalized spacial score (nSPS) is 16.0. The summed E-state index contributed by atoms with van der Waals surface area (Å²) in [6, 6.07) is 27.1. The first-order valence-electron chi connectivity index (χ1n) is 35.1. The molecule has 9 amide bonds. The van der Waals surface area contributed by atoms with Gasteiger partial charge in [-0.3, -0.25) is 43.2 Å². The van der Waals surface area contributed by atoms with E-state index in [0.29, 0.717) is 61.6 Å². The Morgan fingerprint density at radius 3 is 1.16 bits per heavy atom. The van der Waals surface area contributed by atoms with Crippen molar-refractivity contribution < 1.29 is 73.5 Å². The van der Waals surface area contributed by atoms with Crippen molar-refractivity contribution in [3.8, 4) is 11.5 Å². The Hall–Kier alpha value is -11.9. The van der Waals surface area contributed by atoms with Crippen LogP contribution in [0.5, 0.6) is 11.5 Å². The van der Waals surface area contributed by atoms with E-state index >= 15 is 24.0 Å². The fourth-order valence-electron chi connectivity index (χ4n) is 13.2. The lowest BCUT2D eigenvalue weighted by atomic mass is 9.99. The van der Waals surface area contributed by atoms with E-state index < -0.39 is 138 Å². The molecule has 4 heterocycles. The van der Waals surface area contributed by atoms with E-state index in [1.165, 1.54) is 55.1 Å². The van der Waals surface area contributed by atoms with Gasteiger partial charge >= 0.3 is 5.97 Å². The van der Waals surface area contributed by atoms with Gasteiger partial charge in [0.1, 0.15) is 65.9 Å². The SMILES string of the molecule is CC(C)[C@H](NC(=O)[C@H](Cc1c[nH]c2ccccc12)NC(=O)[C@H](Cc1c[nH]c2ccccc12)NC(=O)[C@H](Cc1ccccc1)NC(=O)[C@@H](NC(=O)[C@H](Cc1c[nH]c2ccccc12)NC(=O)[C@H](Cc1ccc(O)cc1)NC(=O)[C@@H](NC(=O)[C@@H]1CCCN1C(=O)[C@@H](N)Cc1ccc(O)cc1)[C@@H](C)O)[C@@H](C)O)C(=O)O. The van der Waals surface area contributed by atoms with Crippen LogP contribution in [0.25, 0.3) is 32.7 Å². The van der Waals surface area contributed by atoms with Crippen molar-refractivity contribution in [2.75, 3.05) is 6.54 Å². The number of carboxylic acid groups (broad SMARTS) is 1. The van der Waals surface area contributed by atoms with Gasteiger partial charge in [0.2, 0.25) is 53.2 Å². The smallest absolute Gasteiger partial charge is 0.326 e. The molecule has 106 heavy (non-hydrogen) atoms. The van der Waals surface area contributed by atoms with Gasteiger partial charge in [-0.1, -0.05) is 123 Å². The number of hydrogen-bond acceptors (Lipinski definition) is 15. The van der Waals surface area contributed by atoms with E-state index in [0.717, 1.165) is 10.9 Å². The molecule has 0 unspecified atom stereocenters. The van der Waals surface area contributed by atoms with Crippen LogP contribution in [0, 0.1) is 5.92 Å². The molecule has 0 aliphatic carbocycles. The Labute approximate surface area is 610 Å². The second-order valence-electron chi connectivity index (χ2n) is 27.2. The molecule has 1 fully saturated rings. The summed E-state index contributed by atoms with van der Waals surface area (Å²) in [6.45, 7) is 5.86. The number of aromatic amines is 3. The van der Waals surface area contributed by atoms with Gasteiger partial charge in [-0.15, -0.1) is 0 Å². The lowest BCUT2D eigenvalue weighted by Gasteiger charge is -2.30. The van der Waals surface area contributed by atoms with Gasteiger partial charge in [0, 0.05) is 89.9 Å². The number of aliphatic hydroxyl groups is 2. The average Bonchev–Trinajstić information content (AvgIpc) is 1.61. The lowest BCUT2D eigenvalue weighted by Crippen LogP contribution is -2.63. The highest BCUT2D eigenvalue weighted by atomic mass is 16.4. The quantitative estimate of drug-likeness (QED) is 0.0281. The number of carbonyl (C=O) groups excluding carboxylic acids is 9. The molecule has 1 saturated heterocycles. The first-order chi connectivity index (χ1) is 50.8. The molecule has 1 aliphatic heterocycles. The number of para-hydroxylation sites is 3. The molecule has 1 aliphatic rings. The highest BCUT2D eigenvalue weighted by Gasteiger charge is 2.41. The van der Waals surface area contributed by atoms with Crippen LogP contribution >= 0.6 is 0 Å². The molecule has 28 heteroatoms. The highest BCUT2D eigenvalue weighted by molar-refractivity contribution is 6.00. The number of fused-ring (bicyclic) bond motifs is 3. The van der Waals surface area contributed by atoms with Crippen molar-refractivity contribution >= 4 is 91.8 Å². The Bertz CT molecular complexity index is 4610. The van der Waals surface area contributed by atoms with Crippen molar-refractivity contribution in [3.05, 3.63) is 204 Å². The average molecular weight is 1450 g/mol. The molecule has 3 aromatic heterocycles. The number of aromatic hydroxyl groups is 2. The third-order valence-corrected chi connectivity index (χ3v) is 19.0. The molecule has 0 saturated carbocycles. The maximum absolute atomic E-state index is 15.3. The van der Waals surface area contributed by atoms with Crippen LogP contribution in [0.3, 0.4) is 0 Å². The van der Waals surface area contributed by atoms with Crippen molar-refractivity contribution in [1.82, 2.24) is 62.4 Å². The summed E-state index contributed by atoms with van der Waals surface area (Å²) in [5.41, 5.74) is 11.7. The number of carbonyl (C=O) groups is 10. The van der Waals surface area contributed by atoms with Gasteiger partial charge < -0.3 is 93.7 Å². The number of amides is 9. The molecule has 9 aromatic rings. The standard InChI is InChI=1S/C78H89N13O15/c1-42(2)66(78(105)106)88-72(99)63(37-49-40-81-58-21-12-9-18-54(49)58)85-71(98)62(36-48-39-80-57-20-11-8-17-53(48)57)83-69(96)60(34-45-15-6-5-7-16-45)86-75(102)67(43(3)92)89-73(100)64(38-50-41-82-59-22-13-10-19-55(50)59)84-70(97)61(35-47-26-30-52(95)31-27-47)87-76(103)68(44(4)93)90-74(101)65-23-14-32-91(65)77(104)56(79)33-46-24-28-51(94)29-25-46/h5-13,15-22,24-31,39-44,56,60-68,80-82,92-95H,14,23,32-38,79H2,1-4H3,(H,83,96)(H,84,97)(H,85,98)(H,86,102)(H,87,103)(H,88,99)(H,89,100)(H,90,101)(H,105,106)/t43-,44-,56+,60+,61+,62+,63+,64+,65+,66+,67+,68+/m1/s1. The van der Waals surface area contributed by atoms with Crippen LogP contribution in [0.2, 0.25) is 0 Å². The Morgan fingerprint density at radius 1 is 0.425 bits per heavy atom. The van der Waals surface area contributed by atoms with Gasteiger partial charge in [0.15, 0.2) is 0 Å². The first-order valence-corrected chi connectivity index (χ1v) is 35.1. The second kappa shape index (κ2) is 35.1. The minimum absolute atomic E-state index is 0.0239. The fraction of sp³-hybridized carbons (Fsp3) is 0.333. The van der Waals surface area contributed by atoms with Crippen LogP contribution < -0.4 is 48.3 Å². The molecular formula is C78H89N13O15. The summed E-state index contributed by atoms with van der Waals surface area (Å²) < 4.78 is 0. The number of nitrogens with one attached hydrogen (secondary N) is 11. The maximum atomic E-state index is 15.3. The molecule has 10 rings (SSSR count). The van der Waals surface area contributed by atoms with Crippen molar-refractivity contribution in [2.45, 2.75) is 152 Å². The summed E-state index contributed by atoms with van der Waals surface area (Å²) >= 11 is 0. The van der Waals surface area contributed by atoms with Crippen LogP contribution in [-0.2, 0) is 86.5 Å². The Kier molecular flexibility index (Phi) is 25.4. The number of aromatic nitrogens is 3. The van der Waals surface area contributed by atoms with Gasteiger partial charge in [-0.25, -0.2) is 4.79 Å². The summed E-state index contributed by atoms with van der Waals surface area (Å²) in [7, 11) is 0. The number of hydrogen-bond donors (Lipinski definition) is 17.